The molecule has 3 rings (SSSR count). The van der Waals surface area contributed by atoms with Gasteiger partial charge in [0.05, 0.1) is 18.3 Å². The van der Waals surface area contributed by atoms with Gasteiger partial charge in [-0.25, -0.2) is 4.98 Å². The monoisotopic (exact) mass is 259 g/mol. The van der Waals surface area contributed by atoms with Gasteiger partial charge in [-0.3, -0.25) is 0 Å². The van der Waals surface area contributed by atoms with Gasteiger partial charge in [-0.1, -0.05) is 0 Å². The molecule has 0 aliphatic carbocycles. The van der Waals surface area contributed by atoms with Crippen molar-refractivity contribution < 1.29 is 9.47 Å². The summed E-state index contributed by atoms with van der Waals surface area (Å²) < 4.78 is 11.7. The number of nitriles is 1. The summed E-state index contributed by atoms with van der Waals surface area (Å²) in [6, 6.07) is 5.79. The zero-order valence-electron chi connectivity index (χ0n) is 11.0. The van der Waals surface area contributed by atoms with Crippen LogP contribution >= 0.6 is 0 Å². The second-order valence-electron chi connectivity index (χ2n) is 5.12. The van der Waals surface area contributed by atoms with Crippen molar-refractivity contribution in [1.82, 2.24) is 4.98 Å². The molecule has 2 saturated heterocycles. The van der Waals surface area contributed by atoms with Crippen LogP contribution in [0.15, 0.2) is 18.3 Å². The van der Waals surface area contributed by atoms with Crippen molar-refractivity contribution in [2.45, 2.75) is 31.7 Å². The Bertz CT molecular complexity index is 504. The molecule has 5 heteroatoms. The SMILES string of the molecule is C[C@H]1COC2(CCN(c3ncccc3C#N)CC2)O1. The molecule has 0 radical (unpaired) electrons. The molecule has 1 aromatic rings. The molecule has 100 valence electrons. The zero-order valence-corrected chi connectivity index (χ0v) is 11.0. The van der Waals surface area contributed by atoms with Gasteiger partial charge in [0.25, 0.3) is 0 Å². The van der Waals surface area contributed by atoms with Crippen molar-refractivity contribution in [3.63, 3.8) is 0 Å². The lowest BCUT2D eigenvalue weighted by atomic mass is 10.0. The van der Waals surface area contributed by atoms with Crippen molar-refractivity contribution in [2.75, 3.05) is 24.6 Å². The number of hydrogen-bond acceptors (Lipinski definition) is 5. The third-order valence-corrected chi connectivity index (χ3v) is 3.73. The smallest absolute Gasteiger partial charge is 0.172 e. The predicted octanol–water partition coefficient (Wildman–Crippen LogP) is 1.69. The Labute approximate surface area is 112 Å². The molecule has 3 heterocycles. The fraction of sp³-hybridized carbons (Fsp3) is 0.571. The maximum absolute atomic E-state index is 9.12. The van der Waals surface area contributed by atoms with Crippen LogP contribution in [-0.4, -0.2) is 36.6 Å². The van der Waals surface area contributed by atoms with Gasteiger partial charge in [0.1, 0.15) is 11.9 Å². The molecule has 1 aromatic heterocycles. The topological polar surface area (TPSA) is 58.4 Å². The minimum atomic E-state index is -0.405. The quantitative estimate of drug-likeness (QED) is 0.768. The van der Waals surface area contributed by atoms with Crippen molar-refractivity contribution in [1.29, 1.82) is 5.26 Å². The Balaban J connectivity index is 1.72. The summed E-state index contributed by atoms with van der Waals surface area (Å²) in [4.78, 5) is 6.46. The van der Waals surface area contributed by atoms with Crippen LogP contribution in [0.1, 0.15) is 25.3 Å². The Kier molecular flexibility index (Phi) is 3.13. The lowest BCUT2D eigenvalue weighted by Gasteiger charge is -2.38. The van der Waals surface area contributed by atoms with E-state index >= 15 is 0 Å². The largest absolute Gasteiger partial charge is 0.355 e. The summed E-state index contributed by atoms with van der Waals surface area (Å²) in [5.74, 6) is 0.364. The summed E-state index contributed by atoms with van der Waals surface area (Å²) in [7, 11) is 0. The van der Waals surface area contributed by atoms with Gasteiger partial charge >= 0.3 is 0 Å². The van der Waals surface area contributed by atoms with Crippen molar-refractivity contribution >= 4 is 5.82 Å². The molecule has 2 fully saturated rings. The Morgan fingerprint density at radius 1 is 1.47 bits per heavy atom. The number of aromatic nitrogens is 1. The number of nitrogens with zero attached hydrogens (tertiary/aromatic N) is 3. The van der Waals surface area contributed by atoms with Crippen LogP contribution in [0.4, 0.5) is 5.82 Å². The minimum Gasteiger partial charge on any atom is -0.355 e. The van der Waals surface area contributed by atoms with Gasteiger partial charge in [0.2, 0.25) is 0 Å². The first-order valence-corrected chi connectivity index (χ1v) is 6.64. The molecular weight excluding hydrogens is 242 g/mol. The van der Waals surface area contributed by atoms with Gasteiger partial charge in [-0.2, -0.15) is 5.26 Å². The van der Waals surface area contributed by atoms with Gasteiger partial charge < -0.3 is 14.4 Å². The molecule has 19 heavy (non-hydrogen) atoms. The number of pyridine rings is 1. The average molecular weight is 259 g/mol. The molecule has 1 atom stereocenters. The van der Waals surface area contributed by atoms with Crippen LogP contribution in [0.2, 0.25) is 0 Å². The summed E-state index contributed by atoms with van der Waals surface area (Å²) in [5.41, 5.74) is 0.625. The molecule has 0 bridgehead atoms. The van der Waals surface area contributed by atoms with Crippen LogP contribution in [0.5, 0.6) is 0 Å². The highest BCUT2D eigenvalue weighted by atomic mass is 16.7. The van der Waals surface area contributed by atoms with E-state index in [1.807, 2.05) is 6.92 Å². The third kappa shape index (κ3) is 2.29. The minimum absolute atomic E-state index is 0.177. The molecule has 0 amide bonds. The van der Waals surface area contributed by atoms with Gasteiger partial charge in [-0.15, -0.1) is 0 Å². The highest BCUT2D eigenvalue weighted by Gasteiger charge is 2.42. The van der Waals surface area contributed by atoms with E-state index in [0.717, 1.165) is 31.7 Å². The van der Waals surface area contributed by atoms with E-state index in [0.29, 0.717) is 12.2 Å². The van der Waals surface area contributed by atoms with E-state index in [1.54, 1.807) is 18.3 Å². The molecule has 1 spiro atoms. The zero-order chi connectivity index (χ0) is 13.3. The maximum Gasteiger partial charge on any atom is 0.172 e. The fourth-order valence-corrected chi connectivity index (χ4v) is 2.76. The number of piperidine rings is 1. The van der Waals surface area contributed by atoms with Gasteiger partial charge in [0.15, 0.2) is 5.79 Å². The predicted molar refractivity (Wildman–Crippen MR) is 69.6 cm³/mol. The Hall–Kier alpha value is -1.64. The Morgan fingerprint density at radius 3 is 2.89 bits per heavy atom. The van der Waals surface area contributed by atoms with E-state index in [-0.39, 0.29) is 6.10 Å². The standard InChI is InChI=1S/C14H17N3O2/c1-11-10-18-14(19-11)4-7-17(8-5-14)13-12(9-15)3-2-6-16-13/h2-3,6,11H,4-5,7-8,10H2,1H3/t11-/m0/s1. The Morgan fingerprint density at radius 2 is 2.26 bits per heavy atom. The second-order valence-corrected chi connectivity index (χ2v) is 5.12. The van der Waals surface area contributed by atoms with E-state index < -0.39 is 5.79 Å². The maximum atomic E-state index is 9.12. The highest BCUT2D eigenvalue weighted by Crippen LogP contribution is 2.35. The average Bonchev–Trinajstić information content (AvgIpc) is 2.81. The van der Waals surface area contributed by atoms with Crippen molar-refractivity contribution in [3.8, 4) is 6.07 Å². The molecule has 0 N–H and O–H groups in total. The molecule has 2 aliphatic rings. The normalized spacial score (nSPS) is 25.5. The number of anilines is 1. The number of hydrogen-bond donors (Lipinski definition) is 0. The molecular formula is C14H17N3O2. The number of ether oxygens (including phenoxy) is 2. The molecule has 0 unspecified atom stereocenters. The van der Waals surface area contributed by atoms with Crippen LogP contribution in [0, 0.1) is 11.3 Å². The first kappa shape index (κ1) is 12.4. The fourth-order valence-electron chi connectivity index (χ4n) is 2.76. The van der Waals surface area contributed by atoms with Crippen LogP contribution in [-0.2, 0) is 9.47 Å². The van der Waals surface area contributed by atoms with Crippen molar-refractivity contribution in [3.05, 3.63) is 23.9 Å². The molecule has 0 saturated carbocycles. The third-order valence-electron chi connectivity index (χ3n) is 3.73. The van der Waals surface area contributed by atoms with E-state index in [4.69, 9.17) is 14.7 Å². The molecule has 2 aliphatic heterocycles. The summed E-state index contributed by atoms with van der Waals surface area (Å²) in [5, 5.41) is 9.12. The highest BCUT2D eigenvalue weighted by molar-refractivity contribution is 5.53. The van der Waals surface area contributed by atoms with Crippen LogP contribution in [0.3, 0.4) is 0 Å². The van der Waals surface area contributed by atoms with E-state index in [1.165, 1.54) is 0 Å². The number of rotatable bonds is 1. The molecule has 5 nitrogen and oxygen atoms in total. The summed E-state index contributed by atoms with van der Waals surface area (Å²) in [6.45, 7) is 4.32. The lowest BCUT2D eigenvalue weighted by Crippen LogP contribution is -2.45. The first-order valence-electron chi connectivity index (χ1n) is 6.64. The first-order chi connectivity index (χ1) is 9.22. The summed E-state index contributed by atoms with van der Waals surface area (Å²) in [6.07, 6.45) is 3.54. The second kappa shape index (κ2) is 4.80. The molecule has 0 aromatic carbocycles. The van der Waals surface area contributed by atoms with E-state index in [9.17, 15) is 0 Å². The summed E-state index contributed by atoms with van der Waals surface area (Å²) >= 11 is 0. The van der Waals surface area contributed by atoms with Crippen LogP contribution in [0.25, 0.3) is 0 Å². The lowest BCUT2D eigenvalue weighted by molar-refractivity contribution is -0.178. The van der Waals surface area contributed by atoms with Gasteiger partial charge in [-0.05, 0) is 19.1 Å². The van der Waals surface area contributed by atoms with E-state index in [2.05, 4.69) is 16.0 Å². The van der Waals surface area contributed by atoms with Crippen molar-refractivity contribution in [2.24, 2.45) is 0 Å². The van der Waals surface area contributed by atoms with Gasteiger partial charge in [0, 0.05) is 32.1 Å². The van der Waals surface area contributed by atoms with Crippen LogP contribution < -0.4 is 4.90 Å².